The van der Waals surface area contributed by atoms with Crippen LogP contribution in [-0.2, 0) is 16.1 Å². The van der Waals surface area contributed by atoms with E-state index in [1.807, 2.05) is 60.7 Å². The monoisotopic (exact) mass is 401 g/mol. The first-order valence-electron chi connectivity index (χ1n) is 9.61. The van der Waals surface area contributed by atoms with Crippen molar-refractivity contribution in [2.45, 2.75) is 44.8 Å². The van der Waals surface area contributed by atoms with Crippen LogP contribution in [0, 0.1) is 0 Å². The molecule has 0 unspecified atom stereocenters. The van der Waals surface area contributed by atoms with Crippen molar-refractivity contribution in [3.63, 3.8) is 0 Å². The van der Waals surface area contributed by atoms with Crippen molar-refractivity contribution in [3.05, 3.63) is 65.2 Å². The summed E-state index contributed by atoms with van der Waals surface area (Å²) in [7, 11) is 0. The first-order valence-corrected chi connectivity index (χ1v) is 9.61. The molecule has 2 aromatic carbocycles. The van der Waals surface area contributed by atoms with Crippen LogP contribution < -0.4 is 4.90 Å². The standard InChI is InChI=1S/C23H22F3NO2/c24-23(25,26)21(28)12-2-1-3-13-22(29)27-16-19-10-5-4-8-17(19)14-15-18-9-6-7-11-20(18)27/h4-11,14-15H,1-3,12-13,16H2/b15-14-. The van der Waals surface area contributed by atoms with Gasteiger partial charge in [0.15, 0.2) is 0 Å². The number of carbonyl (C=O) groups is 2. The molecule has 1 heterocycles. The quantitative estimate of drug-likeness (QED) is 0.575. The lowest BCUT2D eigenvalue weighted by molar-refractivity contribution is -0.171. The summed E-state index contributed by atoms with van der Waals surface area (Å²) in [5, 5.41) is 0. The second-order valence-electron chi connectivity index (χ2n) is 7.05. The number of Topliss-reactive ketones (excluding diaryl/α,β-unsaturated/α-hetero) is 1. The zero-order valence-corrected chi connectivity index (χ0v) is 15.9. The van der Waals surface area contributed by atoms with Crippen LogP contribution in [0.3, 0.4) is 0 Å². The fraction of sp³-hybridized carbons (Fsp3) is 0.304. The number of fused-ring (bicyclic) bond motifs is 2. The number of hydrogen-bond donors (Lipinski definition) is 0. The molecule has 1 aliphatic rings. The topological polar surface area (TPSA) is 37.4 Å². The number of rotatable bonds is 6. The highest BCUT2D eigenvalue weighted by Gasteiger charge is 2.37. The Morgan fingerprint density at radius 3 is 2.21 bits per heavy atom. The predicted molar refractivity (Wildman–Crippen MR) is 107 cm³/mol. The third-order valence-corrected chi connectivity index (χ3v) is 4.97. The van der Waals surface area contributed by atoms with Gasteiger partial charge in [-0.2, -0.15) is 13.2 Å². The van der Waals surface area contributed by atoms with Gasteiger partial charge in [-0.25, -0.2) is 0 Å². The van der Waals surface area contributed by atoms with Gasteiger partial charge in [-0.1, -0.05) is 61.0 Å². The van der Waals surface area contributed by atoms with Gasteiger partial charge in [0.2, 0.25) is 11.7 Å². The largest absolute Gasteiger partial charge is 0.449 e. The van der Waals surface area contributed by atoms with Crippen molar-refractivity contribution in [2.24, 2.45) is 0 Å². The van der Waals surface area contributed by atoms with Gasteiger partial charge in [-0.05, 0) is 35.6 Å². The molecule has 0 aromatic heterocycles. The van der Waals surface area contributed by atoms with Crippen molar-refractivity contribution in [2.75, 3.05) is 4.90 Å². The molecule has 0 saturated heterocycles. The van der Waals surface area contributed by atoms with Gasteiger partial charge >= 0.3 is 6.18 Å². The Kier molecular flexibility index (Phi) is 6.52. The lowest BCUT2D eigenvalue weighted by Gasteiger charge is -2.27. The molecule has 0 atom stereocenters. The summed E-state index contributed by atoms with van der Waals surface area (Å²) < 4.78 is 36.7. The number of para-hydroxylation sites is 1. The van der Waals surface area contributed by atoms with Gasteiger partial charge in [-0.15, -0.1) is 0 Å². The van der Waals surface area contributed by atoms with E-state index >= 15 is 0 Å². The van der Waals surface area contributed by atoms with Crippen LogP contribution in [-0.4, -0.2) is 17.9 Å². The highest BCUT2D eigenvalue weighted by atomic mass is 19.4. The van der Waals surface area contributed by atoms with Gasteiger partial charge < -0.3 is 4.90 Å². The molecule has 3 rings (SSSR count). The van der Waals surface area contributed by atoms with Crippen molar-refractivity contribution < 1.29 is 22.8 Å². The van der Waals surface area contributed by atoms with Gasteiger partial charge in [0.25, 0.3) is 0 Å². The number of hydrogen-bond acceptors (Lipinski definition) is 2. The van der Waals surface area contributed by atoms with Crippen molar-refractivity contribution in [1.82, 2.24) is 0 Å². The smallest absolute Gasteiger partial charge is 0.307 e. The number of ketones is 1. The van der Waals surface area contributed by atoms with E-state index in [4.69, 9.17) is 0 Å². The highest BCUT2D eigenvalue weighted by Crippen LogP contribution is 2.29. The predicted octanol–water partition coefficient (Wildman–Crippen LogP) is 5.79. The molecule has 6 heteroatoms. The van der Waals surface area contributed by atoms with E-state index in [0.717, 1.165) is 22.4 Å². The Hall–Kier alpha value is -2.89. The molecule has 0 saturated carbocycles. The van der Waals surface area contributed by atoms with Gasteiger partial charge in [0, 0.05) is 12.8 Å². The minimum absolute atomic E-state index is 0.0790. The average Bonchev–Trinajstić information content (AvgIpc) is 2.68. The zero-order valence-electron chi connectivity index (χ0n) is 15.9. The summed E-state index contributed by atoms with van der Waals surface area (Å²) in [6, 6.07) is 15.5. The maximum atomic E-state index is 12.9. The minimum Gasteiger partial charge on any atom is -0.307 e. The molecule has 152 valence electrons. The minimum atomic E-state index is -4.77. The van der Waals surface area contributed by atoms with Crippen molar-refractivity contribution in [1.29, 1.82) is 0 Å². The van der Waals surface area contributed by atoms with Crippen LogP contribution in [0.2, 0.25) is 0 Å². The summed E-state index contributed by atoms with van der Waals surface area (Å²) in [5.41, 5.74) is 3.83. The van der Waals surface area contributed by atoms with Crippen LogP contribution >= 0.6 is 0 Å². The molecular formula is C23H22F3NO2. The summed E-state index contributed by atoms with van der Waals surface area (Å²) in [6.45, 7) is 0.433. The molecule has 0 spiro atoms. The van der Waals surface area contributed by atoms with Crippen LogP contribution in [0.15, 0.2) is 48.5 Å². The number of halogens is 3. The van der Waals surface area contributed by atoms with Crippen LogP contribution in [0.5, 0.6) is 0 Å². The summed E-state index contributed by atoms with van der Waals surface area (Å²) >= 11 is 0. The molecule has 0 N–H and O–H groups in total. The molecule has 0 aliphatic carbocycles. The van der Waals surface area contributed by atoms with E-state index in [1.54, 1.807) is 4.90 Å². The van der Waals surface area contributed by atoms with Crippen LogP contribution in [0.1, 0.15) is 48.8 Å². The summed E-state index contributed by atoms with van der Waals surface area (Å²) in [6.07, 6.45) is -0.0781. The maximum Gasteiger partial charge on any atom is 0.449 e. The second kappa shape index (κ2) is 9.07. The summed E-state index contributed by atoms with van der Waals surface area (Å²) in [4.78, 5) is 25.6. The third-order valence-electron chi connectivity index (χ3n) is 4.97. The first kappa shape index (κ1) is 20.8. The Labute approximate surface area is 167 Å². The van der Waals surface area contributed by atoms with Gasteiger partial charge in [0.05, 0.1) is 12.2 Å². The van der Waals surface area contributed by atoms with E-state index < -0.39 is 18.4 Å². The number of amides is 1. The molecule has 1 aliphatic heterocycles. The van der Waals surface area contributed by atoms with Crippen molar-refractivity contribution in [3.8, 4) is 0 Å². The molecule has 2 aromatic rings. The van der Waals surface area contributed by atoms with E-state index in [0.29, 0.717) is 19.4 Å². The Morgan fingerprint density at radius 2 is 1.45 bits per heavy atom. The maximum absolute atomic E-state index is 12.9. The lowest BCUT2D eigenvalue weighted by Crippen LogP contribution is -2.31. The number of alkyl halides is 3. The van der Waals surface area contributed by atoms with Crippen LogP contribution in [0.25, 0.3) is 12.2 Å². The van der Waals surface area contributed by atoms with E-state index in [2.05, 4.69) is 0 Å². The molecule has 1 amide bonds. The van der Waals surface area contributed by atoms with E-state index in [1.165, 1.54) is 0 Å². The molecule has 0 fully saturated rings. The molecule has 0 radical (unpaired) electrons. The summed E-state index contributed by atoms with van der Waals surface area (Å²) in [5.74, 6) is -1.78. The SMILES string of the molecule is O=C(CCCCCC(=O)C(F)(F)F)N1Cc2ccccc2/C=C\c2ccccc21. The molecule has 3 nitrogen and oxygen atoms in total. The number of anilines is 1. The highest BCUT2D eigenvalue weighted by molar-refractivity contribution is 5.97. The molecule has 29 heavy (non-hydrogen) atoms. The zero-order chi connectivity index (χ0) is 20.9. The van der Waals surface area contributed by atoms with Crippen molar-refractivity contribution >= 4 is 29.5 Å². The van der Waals surface area contributed by atoms with Gasteiger partial charge in [0.1, 0.15) is 0 Å². The fourth-order valence-electron chi connectivity index (χ4n) is 3.39. The normalized spacial score (nSPS) is 14.4. The molecule has 0 bridgehead atoms. The second-order valence-corrected chi connectivity index (χ2v) is 7.05. The number of carbonyl (C=O) groups excluding carboxylic acids is 2. The van der Waals surface area contributed by atoms with E-state index in [9.17, 15) is 22.8 Å². The fourth-order valence-corrected chi connectivity index (χ4v) is 3.39. The number of benzene rings is 2. The first-order chi connectivity index (χ1) is 13.9. The third kappa shape index (κ3) is 5.34. The molecular weight excluding hydrogens is 379 g/mol. The van der Waals surface area contributed by atoms with Gasteiger partial charge in [-0.3, -0.25) is 9.59 Å². The average molecular weight is 401 g/mol. The Balaban J connectivity index is 1.66. The van der Waals surface area contributed by atoms with E-state index in [-0.39, 0.29) is 18.7 Å². The number of unbranched alkanes of at least 4 members (excludes halogenated alkanes) is 2. The lowest BCUT2D eigenvalue weighted by atomic mass is 10.0. The Morgan fingerprint density at radius 1 is 0.828 bits per heavy atom. The number of nitrogens with zero attached hydrogens (tertiary/aromatic N) is 1. The Bertz CT molecular complexity index is 918. The van der Waals surface area contributed by atoms with Crippen LogP contribution in [0.4, 0.5) is 18.9 Å².